The van der Waals surface area contributed by atoms with Gasteiger partial charge in [0.05, 0.1) is 11.8 Å². The van der Waals surface area contributed by atoms with Crippen LogP contribution in [-0.2, 0) is 30.6 Å². The quantitative estimate of drug-likeness (QED) is 0.180. The third-order valence-corrected chi connectivity index (χ3v) is 11.4. The average molecular weight is 674 g/mol. The number of rotatable bonds is 5. The van der Waals surface area contributed by atoms with Crippen LogP contribution in [0.2, 0.25) is 0 Å². The molecule has 0 radical (unpaired) electrons. The molecule has 216 valence electrons. The van der Waals surface area contributed by atoms with Gasteiger partial charge in [0, 0.05) is 16.6 Å². The van der Waals surface area contributed by atoms with Crippen LogP contribution in [0.3, 0.4) is 0 Å². The van der Waals surface area contributed by atoms with Crippen LogP contribution in [0.25, 0.3) is 0 Å². The number of imide groups is 1. The summed E-state index contributed by atoms with van der Waals surface area (Å²) in [6.07, 6.45) is 0.141. The Bertz CT molecular complexity index is 1720. The first-order valence-electron chi connectivity index (χ1n) is 14.1. The van der Waals surface area contributed by atoms with Crippen molar-refractivity contribution in [1.82, 2.24) is 4.90 Å². The first-order valence-corrected chi connectivity index (χ1v) is 15.7. The van der Waals surface area contributed by atoms with Gasteiger partial charge in [0.25, 0.3) is 0 Å². The van der Waals surface area contributed by atoms with E-state index in [1.165, 1.54) is 0 Å². The lowest BCUT2D eigenvalue weighted by atomic mass is 9.54. The summed E-state index contributed by atoms with van der Waals surface area (Å²) >= 11 is 18.8. The van der Waals surface area contributed by atoms with E-state index in [2.05, 4.69) is 21.2 Å². The lowest BCUT2D eigenvalue weighted by Crippen LogP contribution is -2.57. The minimum Gasteiger partial charge on any atom is -0.324 e. The zero-order chi connectivity index (χ0) is 30.3. The van der Waals surface area contributed by atoms with E-state index in [0.717, 1.165) is 48.3 Å². The van der Waals surface area contributed by atoms with Gasteiger partial charge >= 0.3 is 0 Å². The molecule has 0 aromatic heterocycles. The van der Waals surface area contributed by atoms with Gasteiger partial charge in [0.1, 0.15) is 15.8 Å². The molecule has 2 bridgehead atoms. The molecule has 5 nitrogen and oxygen atoms in total. The van der Waals surface area contributed by atoms with Crippen molar-refractivity contribution in [3.05, 3.63) is 134 Å². The molecule has 1 N–H and O–H groups in total. The van der Waals surface area contributed by atoms with Crippen molar-refractivity contribution >= 4 is 62.5 Å². The Balaban J connectivity index is 1.36. The molecule has 1 saturated heterocycles. The lowest BCUT2D eigenvalue weighted by Gasteiger charge is -2.54. The number of hydrogen-bond donors (Lipinski definition) is 1. The fourth-order valence-corrected chi connectivity index (χ4v) is 8.82. The monoisotopic (exact) mass is 672 g/mol. The van der Waals surface area contributed by atoms with Crippen LogP contribution in [0.5, 0.6) is 0 Å². The van der Waals surface area contributed by atoms with E-state index in [4.69, 9.17) is 23.2 Å². The van der Waals surface area contributed by atoms with Crippen molar-refractivity contribution in [2.45, 2.75) is 36.1 Å². The third-order valence-electron chi connectivity index (χ3n) is 9.27. The highest BCUT2D eigenvalue weighted by Gasteiger charge is 2.73. The normalized spacial score (nSPS) is 25.7. The predicted molar refractivity (Wildman–Crippen MR) is 171 cm³/mol. The standard InChI is InChI=1S/C35H27BrCl2N2O3/c1-19-17-27(20(2)16-26(19)36)39-31(41)28(18-21-10-4-3-5-11-21)40-32(42)29-30(33(40)43)35(38)23-13-7-6-12-22(23)34(29,37)24-14-8-9-15-25(24)35/h3-17,28-30H,18H2,1-2H3,(H,39,41)/t28-,29-,30+,34?,35?/m1/s1. The fourth-order valence-electron chi connectivity index (χ4n) is 7.27. The molecule has 3 atom stereocenters. The van der Waals surface area contributed by atoms with E-state index in [-0.39, 0.29) is 6.42 Å². The van der Waals surface area contributed by atoms with Crippen LogP contribution in [0.15, 0.2) is 95.5 Å². The molecule has 4 aromatic carbocycles. The van der Waals surface area contributed by atoms with E-state index < -0.39 is 45.3 Å². The van der Waals surface area contributed by atoms with Gasteiger partial charge in [-0.05, 0) is 64.9 Å². The van der Waals surface area contributed by atoms with Crippen LogP contribution in [0.1, 0.15) is 38.9 Å². The molecule has 3 aliphatic carbocycles. The van der Waals surface area contributed by atoms with E-state index in [9.17, 15) is 14.4 Å². The molecule has 43 heavy (non-hydrogen) atoms. The summed E-state index contributed by atoms with van der Waals surface area (Å²) in [5, 5.41) is 3.02. The largest absolute Gasteiger partial charge is 0.324 e. The molecule has 8 heteroatoms. The highest BCUT2D eigenvalue weighted by atomic mass is 79.9. The minimum absolute atomic E-state index is 0.141. The number of nitrogens with one attached hydrogen (secondary N) is 1. The molecule has 3 amide bonds. The van der Waals surface area contributed by atoms with E-state index in [1.807, 2.05) is 105 Å². The first-order chi connectivity index (χ1) is 20.6. The number of hydrogen-bond acceptors (Lipinski definition) is 3. The molecule has 0 unspecified atom stereocenters. The number of aryl methyl sites for hydroxylation is 2. The number of nitrogens with zero attached hydrogens (tertiary/aromatic N) is 1. The Labute approximate surface area is 268 Å². The van der Waals surface area contributed by atoms with Gasteiger partial charge in [-0.1, -0.05) is 94.8 Å². The molecule has 0 spiro atoms. The number of likely N-dealkylation sites (tertiary alicyclic amines) is 1. The first kappa shape index (κ1) is 28.3. The lowest BCUT2D eigenvalue weighted by molar-refractivity contribution is -0.146. The summed E-state index contributed by atoms with van der Waals surface area (Å²) < 4.78 is 0.923. The Morgan fingerprint density at radius 2 is 1.26 bits per heavy atom. The maximum Gasteiger partial charge on any atom is 0.248 e. The number of carbonyl (C=O) groups excluding carboxylic acids is 3. The molecule has 1 fully saturated rings. The van der Waals surface area contributed by atoms with Crippen LogP contribution in [-0.4, -0.2) is 28.7 Å². The van der Waals surface area contributed by atoms with Crippen molar-refractivity contribution in [2.24, 2.45) is 11.8 Å². The highest BCUT2D eigenvalue weighted by Crippen LogP contribution is 2.69. The average Bonchev–Trinajstić information content (AvgIpc) is 3.28. The van der Waals surface area contributed by atoms with Gasteiger partial charge in [0.15, 0.2) is 0 Å². The molecule has 4 aromatic rings. The summed E-state index contributed by atoms with van der Waals surface area (Å²) in [6.45, 7) is 3.83. The molecule has 4 aliphatic rings. The van der Waals surface area contributed by atoms with Gasteiger partial charge in [-0.25, -0.2) is 0 Å². The number of amides is 3. The van der Waals surface area contributed by atoms with Crippen LogP contribution < -0.4 is 5.32 Å². The summed E-state index contributed by atoms with van der Waals surface area (Å²) in [7, 11) is 0. The van der Waals surface area contributed by atoms with Crippen molar-refractivity contribution < 1.29 is 14.4 Å². The zero-order valence-corrected chi connectivity index (χ0v) is 26.5. The van der Waals surface area contributed by atoms with Gasteiger partial charge < -0.3 is 5.32 Å². The van der Waals surface area contributed by atoms with Crippen LogP contribution >= 0.6 is 39.1 Å². The molecular weight excluding hydrogens is 647 g/mol. The highest BCUT2D eigenvalue weighted by molar-refractivity contribution is 9.10. The number of benzene rings is 4. The number of anilines is 1. The maximum absolute atomic E-state index is 14.6. The molecular formula is C35H27BrCl2N2O3. The van der Waals surface area contributed by atoms with E-state index in [0.29, 0.717) is 5.69 Å². The Kier molecular flexibility index (Phi) is 6.62. The number of alkyl halides is 2. The van der Waals surface area contributed by atoms with Crippen molar-refractivity contribution in [1.29, 1.82) is 0 Å². The van der Waals surface area contributed by atoms with Crippen LogP contribution in [0.4, 0.5) is 5.69 Å². The second kappa shape index (κ2) is 10.0. The van der Waals surface area contributed by atoms with Gasteiger partial charge in [0.2, 0.25) is 17.7 Å². The van der Waals surface area contributed by atoms with E-state index >= 15 is 0 Å². The number of carbonyl (C=O) groups is 3. The van der Waals surface area contributed by atoms with Crippen molar-refractivity contribution in [3.63, 3.8) is 0 Å². The fraction of sp³-hybridized carbons (Fsp3) is 0.229. The van der Waals surface area contributed by atoms with Gasteiger partial charge in [-0.3, -0.25) is 19.3 Å². The summed E-state index contributed by atoms with van der Waals surface area (Å²) in [4.78, 5) is 42.0. The van der Waals surface area contributed by atoms with E-state index in [1.54, 1.807) is 0 Å². The summed E-state index contributed by atoms with van der Waals surface area (Å²) in [5.41, 5.74) is 6.11. The predicted octanol–water partition coefficient (Wildman–Crippen LogP) is 7.21. The Hall–Kier alpha value is -3.45. The smallest absolute Gasteiger partial charge is 0.248 e. The van der Waals surface area contributed by atoms with Gasteiger partial charge in [-0.15, -0.1) is 23.2 Å². The molecule has 0 saturated carbocycles. The third kappa shape index (κ3) is 3.92. The van der Waals surface area contributed by atoms with Crippen molar-refractivity contribution in [3.8, 4) is 0 Å². The second-order valence-electron chi connectivity index (χ2n) is 11.6. The SMILES string of the molecule is Cc1cc(NC(=O)[C@@H](Cc2ccccc2)N2C(=O)[C@@H]3[C@H](C2=O)C2(Cl)c4ccccc4C3(Cl)c3ccccc32)c(C)cc1Br. The van der Waals surface area contributed by atoms with Gasteiger partial charge in [-0.2, -0.15) is 0 Å². The summed E-state index contributed by atoms with van der Waals surface area (Å²) in [6, 6.07) is 27.1. The van der Waals surface area contributed by atoms with Crippen molar-refractivity contribution in [2.75, 3.05) is 5.32 Å². The molecule has 1 aliphatic heterocycles. The Morgan fingerprint density at radius 1 is 0.791 bits per heavy atom. The Morgan fingerprint density at radius 3 is 1.74 bits per heavy atom. The molecule has 1 heterocycles. The second-order valence-corrected chi connectivity index (χ2v) is 13.7. The van der Waals surface area contributed by atoms with Crippen LogP contribution in [0, 0.1) is 25.7 Å². The molecule has 8 rings (SSSR count). The summed E-state index contributed by atoms with van der Waals surface area (Å²) in [5.74, 6) is -3.39. The topological polar surface area (TPSA) is 66.5 Å². The minimum atomic E-state index is -1.32. The zero-order valence-electron chi connectivity index (χ0n) is 23.4. The maximum atomic E-state index is 14.6. The number of halogens is 3.